The van der Waals surface area contributed by atoms with Crippen LogP contribution < -0.4 is 5.32 Å². The Morgan fingerprint density at radius 2 is 1.40 bits per heavy atom. The third kappa shape index (κ3) is 23.0. The van der Waals surface area contributed by atoms with Gasteiger partial charge in [0.25, 0.3) is 10.1 Å². The molecule has 0 aliphatic rings. The van der Waals surface area contributed by atoms with Crippen molar-refractivity contribution >= 4 is 33.3 Å². The SMILES string of the molecule is C.C.C.C.C.COC(C)C(CCCCCCCC(=O)Nc1ccc(C)cc1S(=O)(=O)OC)C(C)=O.COC(C)CC(C)=O.[HH]. The van der Waals surface area contributed by atoms with Crippen LogP contribution >= 0.6 is 0 Å². The van der Waals surface area contributed by atoms with Gasteiger partial charge >= 0.3 is 0 Å². The molecule has 0 saturated heterocycles. The first-order valence-corrected chi connectivity index (χ1v) is 14.5. The van der Waals surface area contributed by atoms with E-state index in [2.05, 4.69) is 9.50 Å². The van der Waals surface area contributed by atoms with Gasteiger partial charge in [0.05, 0.1) is 25.0 Å². The molecule has 0 saturated carbocycles. The van der Waals surface area contributed by atoms with Gasteiger partial charge in [-0.25, -0.2) is 0 Å². The fraction of sp³-hybridized carbons (Fsp3) is 0.727. The molecule has 1 aromatic carbocycles. The van der Waals surface area contributed by atoms with Crippen molar-refractivity contribution in [1.82, 2.24) is 0 Å². The predicted octanol–water partition coefficient (Wildman–Crippen LogP) is 8.67. The number of hydrogen-bond acceptors (Lipinski definition) is 8. The number of carbonyl (C=O) groups is 3. The summed E-state index contributed by atoms with van der Waals surface area (Å²) in [5.74, 6) is 0.0520. The molecule has 3 atom stereocenters. The molecule has 0 aliphatic heterocycles. The number of benzene rings is 1. The number of ether oxygens (including phenoxy) is 2. The Bertz CT molecular complexity index is 986. The van der Waals surface area contributed by atoms with E-state index >= 15 is 0 Å². The zero-order chi connectivity index (χ0) is 29.3. The van der Waals surface area contributed by atoms with Crippen LogP contribution in [0.1, 0.15) is 123 Å². The topological polar surface area (TPSA) is 125 Å². The molecule has 0 spiro atoms. The normalized spacial score (nSPS) is 12.0. The summed E-state index contributed by atoms with van der Waals surface area (Å²) >= 11 is 0. The zero-order valence-electron chi connectivity index (χ0n) is 24.3. The van der Waals surface area contributed by atoms with E-state index in [0.29, 0.717) is 19.3 Å². The average molecular weight is 640 g/mol. The van der Waals surface area contributed by atoms with Crippen LogP contribution in [0, 0.1) is 12.8 Å². The van der Waals surface area contributed by atoms with Gasteiger partial charge in [-0.1, -0.05) is 68.9 Å². The number of hydrogen-bond donors (Lipinski definition) is 1. The van der Waals surface area contributed by atoms with Crippen LogP contribution in [-0.4, -0.2) is 59.4 Å². The second-order valence-electron chi connectivity index (χ2n) is 9.59. The van der Waals surface area contributed by atoms with Crippen molar-refractivity contribution in [3.05, 3.63) is 23.8 Å². The van der Waals surface area contributed by atoms with Gasteiger partial charge in [0.15, 0.2) is 0 Å². The Balaban J connectivity index is -0.000000173. The summed E-state index contributed by atoms with van der Waals surface area (Å²) in [7, 11) is 0.419. The summed E-state index contributed by atoms with van der Waals surface area (Å²) in [5, 5.41) is 2.68. The largest absolute Gasteiger partial charge is 0.381 e. The lowest BCUT2D eigenvalue weighted by Crippen LogP contribution is -2.25. The summed E-state index contributed by atoms with van der Waals surface area (Å²) in [5.41, 5.74) is 0.991. The molecule has 10 heteroatoms. The predicted molar refractivity (Wildman–Crippen MR) is 185 cm³/mol. The highest BCUT2D eigenvalue weighted by Crippen LogP contribution is 2.24. The van der Waals surface area contributed by atoms with Crippen molar-refractivity contribution in [2.24, 2.45) is 5.92 Å². The minimum atomic E-state index is -3.90. The molecule has 0 bridgehead atoms. The summed E-state index contributed by atoms with van der Waals surface area (Å²) < 4.78 is 38.8. The molecule has 1 rings (SSSR count). The van der Waals surface area contributed by atoms with E-state index < -0.39 is 10.1 Å². The molecule has 1 amide bonds. The average Bonchev–Trinajstić information content (AvgIpc) is 2.85. The number of methoxy groups -OCH3 is 2. The molecule has 9 nitrogen and oxygen atoms in total. The van der Waals surface area contributed by atoms with E-state index in [0.717, 1.165) is 44.8 Å². The van der Waals surface area contributed by atoms with Crippen LogP contribution in [0.2, 0.25) is 0 Å². The molecule has 0 fully saturated rings. The molecule has 0 aliphatic carbocycles. The minimum absolute atomic E-state index is 0. The second-order valence-corrected chi connectivity index (χ2v) is 11.3. The molecule has 43 heavy (non-hydrogen) atoms. The van der Waals surface area contributed by atoms with E-state index in [1.165, 1.54) is 6.07 Å². The Morgan fingerprint density at radius 3 is 1.84 bits per heavy atom. The van der Waals surface area contributed by atoms with Crippen molar-refractivity contribution in [2.45, 2.75) is 140 Å². The summed E-state index contributed by atoms with van der Waals surface area (Å²) in [4.78, 5) is 34.2. The molecule has 0 radical (unpaired) electrons. The second kappa shape index (κ2) is 28.6. The first-order chi connectivity index (χ1) is 17.8. The highest BCUT2D eigenvalue weighted by atomic mass is 32.2. The lowest BCUT2D eigenvalue weighted by Gasteiger charge is -2.20. The standard InChI is InChI=1S/C22H35NO6S.C6H12O2.5CH4.H2/c1-16-13-14-20(21(15-16)30(26,27)29-5)23-22(25)12-10-8-6-7-9-11-19(17(2)24)18(3)28-4;1-5(7)4-6(2)8-3;;;;;;/h13-15,18-19H,6-12H2,1-5H3,(H,23,25);6H,4H2,1-3H3;5*1H4;1H. The van der Waals surface area contributed by atoms with Crippen LogP contribution in [0.3, 0.4) is 0 Å². The van der Waals surface area contributed by atoms with Gasteiger partial charge in [-0.3, -0.25) is 18.6 Å². The number of amides is 1. The number of anilines is 1. The van der Waals surface area contributed by atoms with Crippen LogP contribution in [0.25, 0.3) is 0 Å². The van der Waals surface area contributed by atoms with Crippen molar-refractivity contribution in [1.29, 1.82) is 0 Å². The number of nitrogens with one attached hydrogen (secondary N) is 1. The Kier molecular flexibility index (Phi) is 35.6. The zero-order valence-corrected chi connectivity index (χ0v) is 25.1. The van der Waals surface area contributed by atoms with Gasteiger partial charge in [0.2, 0.25) is 5.91 Å². The molecule has 0 heterocycles. The molecule has 1 aromatic rings. The van der Waals surface area contributed by atoms with Gasteiger partial charge in [-0.2, -0.15) is 8.42 Å². The van der Waals surface area contributed by atoms with Crippen LogP contribution in [0.5, 0.6) is 0 Å². The number of aryl methyl sites for hydroxylation is 1. The molecule has 0 aromatic heterocycles. The van der Waals surface area contributed by atoms with Gasteiger partial charge < -0.3 is 14.8 Å². The third-order valence-electron chi connectivity index (χ3n) is 6.26. The maximum absolute atomic E-state index is 12.2. The maximum atomic E-state index is 12.2. The number of Topliss-reactive ketones (excluding diaryl/α,β-unsaturated/α-hetero) is 2. The lowest BCUT2D eigenvalue weighted by molar-refractivity contribution is -0.125. The van der Waals surface area contributed by atoms with Crippen molar-refractivity contribution < 1.29 is 37.9 Å². The molecule has 1 N–H and O–H groups in total. The van der Waals surface area contributed by atoms with E-state index in [1.807, 2.05) is 13.8 Å². The Labute approximate surface area is 267 Å². The van der Waals surface area contributed by atoms with E-state index in [1.54, 1.807) is 47.1 Å². The molecule has 260 valence electrons. The highest BCUT2D eigenvalue weighted by Gasteiger charge is 2.21. The number of rotatable bonds is 17. The summed E-state index contributed by atoms with van der Waals surface area (Å²) in [6, 6.07) is 4.79. The Morgan fingerprint density at radius 1 is 0.860 bits per heavy atom. The van der Waals surface area contributed by atoms with E-state index in [-0.39, 0.29) is 84.7 Å². The Hall–Kier alpha value is -2.14. The monoisotopic (exact) mass is 639 g/mol. The first-order valence-electron chi connectivity index (χ1n) is 13.1. The van der Waals surface area contributed by atoms with E-state index in [9.17, 15) is 22.8 Å². The van der Waals surface area contributed by atoms with Crippen LogP contribution in [-0.2, 0) is 38.2 Å². The summed E-state index contributed by atoms with van der Waals surface area (Å²) in [6.07, 6.45) is 6.20. The van der Waals surface area contributed by atoms with Crippen molar-refractivity contribution in [3.8, 4) is 0 Å². The highest BCUT2D eigenvalue weighted by molar-refractivity contribution is 7.87. The number of ketones is 2. The van der Waals surface area contributed by atoms with E-state index in [4.69, 9.17) is 9.47 Å². The number of unbranched alkanes of at least 4 members (excludes halogenated alkanes) is 4. The third-order valence-corrected chi connectivity index (χ3v) is 7.57. The molecule has 3 unspecified atom stereocenters. The maximum Gasteiger partial charge on any atom is 0.298 e. The van der Waals surface area contributed by atoms with Crippen LogP contribution in [0.4, 0.5) is 5.69 Å². The van der Waals surface area contributed by atoms with Gasteiger partial charge in [-0.15, -0.1) is 0 Å². The fourth-order valence-corrected chi connectivity index (χ4v) is 4.74. The fourth-order valence-electron chi connectivity index (χ4n) is 3.84. The van der Waals surface area contributed by atoms with Gasteiger partial charge in [-0.05, 0) is 65.2 Å². The summed E-state index contributed by atoms with van der Waals surface area (Å²) in [6.45, 7) is 8.74. The molecular formula is C33H69NO8S. The molecular weight excluding hydrogens is 570 g/mol. The lowest BCUT2D eigenvalue weighted by atomic mass is 9.92. The van der Waals surface area contributed by atoms with Gasteiger partial charge in [0, 0.05) is 34.4 Å². The number of carbonyl (C=O) groups excluding carboxylic acids is 3. The van der Waals surface area contributed by atoms with Crippen LogP contribution in [0.15, 0.2) is 23.1 Å². The van der Waals surface area contributed by atoms with Crippen molar-refractivity contribution in [2.75, 3.05) is 26.6 Å². The smallest absolute Gasteiger partial charge is 0.298 e. The van der Waals surface area contributed by atoms with Crippen molar-refractivity contribution in [3.63, 3.8) is 0 Å². The first kappa shape index (κ1) is 53.4. The quantitative estimate of drug-likeness (QED) is 0.133. The minimum Gasteiger partial charge on any atom is -0.381 e. The van der Waals surface area contributed by atoms with Gasteiger partial charge in [0.1, 0.15) is 16.5 Å².